The molecule has 8 heteroatoms. The van der Waals surface area contributed by atoms with Gasteiger partial charge in [0.15, 0.2) is 11.5 Å². The van der Waals surface area contributed by atoms with E-state index in [1.54, 1.807) is 31.4 Å². The molecule has 3 heterocycles. The number of pyridine rings is 2. The van der Waals surface area contributed by atoms with Gasteiger partial charge in [0.1, 0.15) is 23.1 Å². The zero-order valence-corrected chi connectivity index (χ0v) is 18.4. The number of nitrogens with one attached hydrogen (secondary N) is 1. The first-order valence-electron chi connectivity index (χ1n) is 10.2. The largest absolute Gasteiger partial charge is 0.493 e. The van der Waals surface area contributed by atoms with Gasteiger partial charge in [0.2, 0.25) is 0 Å². The SMILES string of the molecule is COc1ccc(NC(=O)c2cc3ccccc3c(Cl)n2)cc1OCc1cn2ccccc2n1. The minimum absolute atomic E-state index is 0.224. The minimum atomic E-state index is -0.376. The van der Waals surface area contributed by atoms with Crippen molar-refractivity contribution in [3.05, 3.63) is 95.7 Å². The zero-order valence-electron chi connectivity index (χ0n) is 17.7. The molecular weight excluding hydrogens is 440 g/mol. The van der Waals surface area contributed by atoms with Crippen molar-refractivity contribution in [2.24, 2.45) is 0 Å². The third-order valence-electron chi connectivity index (χ3n) is 5.14. The number of fused-ring (bicyclic) bond motifs is 2. The Bertz CT molecular complexity index is 1450. The standard InChI is InChI=1S/C25H19ClN4O3/c1-32-21-10-9-17(13-22(21)33-15-18-14-30-11-5-4-8-23(30)27-18)28-25(31)20-12-16-6-2-3-7-19(16)24(26)29-20/h2-14H,15H2,1H3,(H,28,31). The van der Waals surface area contributed by atoms with Gasteiger partial charge in [0.05, 0.1) is 12.8 Å². The van der Waals surface area contributed by atoms with Crippen molar-refractivity contribution in [3.8, 4) is 11.5 Å². The molecule has 5 rings (SSSR count). The fourth-order valence-corrected chi connectivity index (χ4v) is 3.81. The molecule has 1 N–H and O–H groups in total. The summed E-state index contributed by atoms with van der Waals surface area (Å²) < 4.78 is 13.3. The summed E-state index contributed by atoms with van der Waals surface area (Å²) in [5, 5.41) is 4.76. The molecule has 0 bridgehead atoms. The van der Waals surface area contributed by atoms with Crippen LogP contribution in [0, 0.1) is 0 Å². The molecule has 0 aliphatic heterocycles. The molecule has 1 amide bonds. The zero-order chi connectivity index (χ0) is 22.8. The molecule has 2 aromatic carbocycles. The normalized spacial score (nSPS) is 11.0. The van der Waals surface area contributed by atoms with Crippen LogP contribution in [0.1, 0.15) is 16.2 Å². The number of nitrogens with zero attached hydrogens (tertiary/aromatic N) is 3. The number of ether oxygens (including phenoxy) is 2. The molecule has 0 aliphatic rings. The van der Waals surface area contributed by atoms with Crippen molar-refractivity contribution in [1.29, 1.82) is 0 Å². The summed E-state index contributed by atoms with van der Waals surface area (Å²) in [6, 6.07) is 20.2. The third kappa shape index (κ3) is 4.31. The van der Waals surface area contributed by atoms with E-state index in [0.29, 0.717) is 17.2 Å². The van der Waals surface area contributed by atoms with Gasteiger partial charge in [-0.25, -0.2) is 9.97 Å². The maximum atomic E-state index is 12.8. The van der Waals surface area contributed by atoms with Gasteiger partial charge < -0.3 is 19.2 Å². The number of anilines is 1. The van der Waals surface area contributed by atoms with Crippen LogP contribution in [0.3, 0.4) is 0 Å². The second kappa shape index (κ2) is 8.80. The highest BCUT2D eigenvalue weighted by atomic mass is 35.5. The number of carbonyl (C=O) groups is 1. The van der Waals surface area contributed by atoms with Crippen LogP contribution in [-0.4, -0.2) is 27.4 Å². The fourth-order valence-electron chi connectivity index (χ4n) is 3.54. The third-order valence-corrected chi connectivity index (χ3v) is 5.43. The number of halogens is 1. The average molecular weight is 459 g/mol. The predicted molar refractivity (Wildman–Crippen MR) is 127 cm³/mol. The fraction of sp³-hybridized carbons (Fsp3) is 0.0800. The Morgan fingerprint density at radius 1 is 1.03 bits per heavy atom. The molecular formula is C25H19ClN4O3. The molecule has 0 spiro atoms. The highest BCUT2D eigenvalue weighted by Crippen LogP contribution is 2.31. The van der Waals surface area contributed by atoms with Crippen LogP contribution >= 0.6 is 11.6 Å². The number of benzene rings is 2. The lowest BCUT2D eigenvalue weighted by Gasteiger charge is -2.12. The van der Waals surface area contributed by atoms with Crippen LogP contribution in [-0.2, 0) is 6.61 Å². The number of carbonyl (C=O) groups excluding carboxylic acids is 1. The van der Waals surface area contributed by atoms with Crippen molar-refractivity contribution in [2.45, 2.75) is 6.61 Å². The van der Waals surface area contributed by atoms with Gasteiger partial charge in [0.25, 0.3) is 5.91 Å². The summed E-state index contributed by atoms with van der Waals surface area (Å²) in [4.78, 5) is 21.6. The molecule has 7 nitrogen and oxygen atoms in total. The van der Waals surface area contributed by atoms with E-state index in [4.69, 9.17) is 21.1 Å². The summed E-state index contributed by atoms with van der Waals surface area (Å²) in [7, 11) is 1.56. The van der Waals surface area contributed by atoms with Gasteiger partial charge in [-0.2, -0.15) is 0 Å². The van der Waals surface area contributed by atoms with Crippen LogP contribution in [0.5, 0.6) is 11.5 Å². The number of imidazole rings is 1. The first-order valence-corrected chi connectivity index (χ1v) is 10.6. The van der Waals surface area contributed by atoms with Crippen molar-refractivity contribution >= 4 is 39.6 Å². The highest BCUT2D eigenvalue weighted by molar-refractivity contribution is 6.34. The molecule has 0 saturated heterocycles. The molecule has 0 aliphatic carbocycles. The monoisotopic (exact) mass is 458 g/mol. The molecule has 0 atom stereocenters. The minimum Gasteiger partial charge on any atom is -0.493 e. The van der Waals surface area contributed by atoms with E-state index >= 15 is 0 Å². The van der Waals surface area contributed by atoms with Crippen molar-refractivity contribution in [2.75, 3.05) is 12.4 Å². The van der Waals surface area contributed by atoms with Gasteiger partial charge in [-0.05, 0) is 35.7 Å². The van der Waals surface area contributed by atoms with Crippen molar-refractivity contribution in [1.82, 2.24) is 14.4 Å². The highest BCUT2D eigenvalue weighted by Gasteiger charge is 2.14. The Balaban J connectivity index is 1.35. The Kier molecular flexibility index (Phi) is 5.54. The number of hydrogen-bond donors (Lipinski definition) is 1. The predicted octanol–water partition coefficient (Wildman–Crippen LogP) is 5.38. The average Bonchev–Trinajstić information content (AvgIpc) is 3.26. The summed E-state index contributed by atoms with van der Waals surface area (Å²) in [6.45, 7) is 0.247. The summed E-state index contributed by atoms with van der Waals surface area (Å²) in [6.07, 6.45) is 3.83. The Labute approximate surface area is 194 Å². The molecule has 33 heavy (non-hydrogen) atoms. The Morgan fingerprint density at radius 3 is 2.73 bits per heavy atom. The number of rotatable bonds is 6. The van der Waals surface area contributed by atoms with Gasteiger partial charge in [0, 0.05) is 29.5 Å². The first-order chi connectivity index (χ1) is 16.1. The molecule has 5 aromatic rings. The van der Waals surface area contributed by atoms with Crippen molar-refractivity contribution in [3.63, 3.8) is 0 Å². The Morgan fingerprint density at radius 2 is 1.88 bits per heavy atom. The number of amides is 1. The van der Waals surface area contributed by atoms with E-state index in [0.717, 1.165) is 22.1 Å². The topological polar surface area (TPSA) is 77.8 Å². The van der Waals surface area contributed by atoms with E-state index < -0.39 is 0 Å². The van der Waals surface area contributed by atoms with E-state index in [-0.39, 0.29) is 23.4 Å². The van der Waals surface area contributed by atoms with Gasteiger partial charge in [-0.1, -0.05) is 41.9 Å². The number of aromatic nitrogens is 3. The molecule has 0 radical (unpaired) electrons. The van der Waals surface area contributed by atoms with Crippen LogP contribution in [0.25, 0.3) is 16.4 Å². The van der Waals surface area contributed by atoms with Gasteiger partial charge in [-0.15, -0.1) is 0 Å². The van der Waals surface area contributed by atoms with Gasteiger partial charge >= 0.3 is 0 Å². The maximum absolute atomic E-state index is 12.8. The van der Waals surface area contributed by atoms with Crippen molar-refractivity contribution < 1.29 is 14.3 Å². The summed E-state index contributed by atoms with van der Waals surface area (Å²) in [5.41, 5.74) is 2.37. The number of methoxy groups -OCH3 is 1. The lowest BCUT2D eigenvalue weighted by molar-refractivity contribution is 0.102. The second-order valence-electron chi connectivity index (χ2n) is 7.33. The van der Waals surface area contributed by atoms with E-state index in [1.807, 2.05) is 59.3 Å². The molecule has 3 aromatic heterocycles. The molecule has 0 unspecified atom stereocenters. The Hall–Kier alpha value is -4.10. The lowest BCUT2D eigenvalue weighted by Crippen LogP contribution is -2.14. The lowest BCUT2D eigenvalue weighted by atomic mass is 10.1. The van der Waals surface area contributed by atoms with Crippen LogP contribution in [0.4, 0.5) is 5.69 Å². The smallest absolute Gasteiger partial charge is 0.274 e. The van der Waals surface area contributed by atoms with Crippen LogP contribution in [0.2, 0.25) is 5.15 Å². The quantitative estimate of drug-likeness (QED) is 0.346. The molecule has 0 saturated carbocycles. The van der Waals surface area contributed by atoms with E-state index in [1.165, 1.54) is 0 Å². The van der Waals surface area contributed by atoms with Crippen LogP contribution in [0.15, 0.2) is 79.1 Å². The van der Waals surface area contributed by atoms with Gasteiger partial charge in [-0.3, -0.25) is 4.79 Å². The van der Waals surface area contributed by atoms with E-state index in [9.17, 15) is 4.79 Å². The van der Waals surface area contributed by atoms with Crippen LogP contribution < -0.4 is 14.8 Å². The summed E-state index contributed by atoms with van der Waals surface area (Å²) >= 11 is 6.27. The summed E-state index contributed by atoms with van der Waals surface area (Å²) in [5.74, 6) is 0.652. The number of hydrogen-bond acceptors (Lipinski definition) is 5. The molecule has 164 valence electrons. The first kappa shape index (κ1) is 20.8. The molecule has 0 fully saturated rings. The second-order valence-corrected chi connectivity index (χ2v) is 7.68. The van der Waals surface area contributed by atoms with E-state index in [2.05, 4.69) is 15.3 Å². The maximum Gasteiger partial charge on any atom is 0.274 e.